The van der Waals surface area contributed by atoms with E-state index in [1.165, 1.54) is 27.8 Å². The third-order valence-corrected chi connectivity index (χ3v) is 8.55. The summed E-state index contributed by atoms with van der Waals surface area (Å²) < 4.78 is 10.4. The van der Waals surface area contributed by atoms with Crippen molar-refractivity contribution < 1.29 is 25.8 Å². The van der Waals surface area contributed by atoms with Crippen LogP contribution in [0.2, 0.25) is 0 Å². The van der Waals surface area contributed by atoms with Crippen molar-refractivity contribution in [3.05, 3.63) is 132 Å². The van der Waals surface area contributed by atoms with E-state index in [0.717, 1.165) is 45.3 Å². The zero-order chi connectivity index (χ0) is 31.9. The van der Waals surface area contributed by atoms with Crippen LogP contribution in [-0.2, 0) is 27.5 Å². The number of nitrogens with zero attached hydrogens (tertiary/aromatic N) is 4. The molecule has 0 radical (unpaired) electrons. The molecule has 3 heterocycles. The molecule has 6 heteroatoms. The van der Waals surface area contributed by atoms with Crippen molar-refractivity contribution in [2.75, 3.05) is 0 Å². The molecule has 0 unspecified atom stereocenters. The number of aryl methyl sites for hydroxylation is 2. The van der Waals surface area contributed by atoms with E-state index in [1.54, 1.807) is 0 Å². The summed E-state index contributed by atoms with van der Waals surface area (Å²) >= 11 is 0. The zero-order valence-electron chi connectivity index (χ0n) is 27.6. The first kappa shape index (κ1) is 32.5. The number of hydrogen-bond acceptors (Lipinski definition) is 3. The maximum absolute atomic E-state index is 6.39. The smallest absolute Gasteiger partial charge is 0.509 e. The van der Waals surface area contributed by atoms with Gasteiger partial charge >= 0.3 is 21.1 Å². The predicted molar refractivity (Wildman–Crippen MR) is 187 cm³/mol. The van der Waals surface area contributed by atoms with Gasteiger partial charge in [0, 0.05) is 35.0 Å². The van der Waals surface area contributed by atoms with Crippen molar-refractivity contribution in [2.24, 2.45) is 5.92 Å². The van der Waals surface area contributed by atoms with Gasteiger partial charge in [-0.3, -0.25) is 4.68 Å². The van der Waals surface area contributed by atoms with E-state index >= 15 is 0 Å². The molecule has 0 N–H and O–H groups in total. The molecule has 0 aliphatic rings. The van der Waals surface area contributed by atoms with Crippen LogP contribution in [0.25, 0.3) is 44.4 Å². The minimum atomic E-state index is 0. The fourth-order valence-electron chi connectivity index (χ4n) is 6.47. The first-order valence-corrected chi connectivity index (χ1v) is 16.0. The summed E-state index contributed by atoms with van der Waals surface area (Å²) in [4.78, 5) is 4.78. The number of rotatable bonds is 8. The Balaban J connectivity index is 0.00000386. The number of para-hydroxylation sites is 1. The van der Waals surface area contributed by atoms with Gasteiger partial charge in [0.2, 0.25) is 0 Å². The van der Waals surface area contributed by atoms with Crippen molar-refractivity contribution in [1.82, 2.24) is 19.3 Å². The van der Waals surface area contributed by atoms with Gasteiger partial charge in [-0.2, -0.15) is 17.2 Å². The molecule has 4 aromatic carbocycles. The van der Waals surface area contributed by atoms with Gasteiger partial charge < -0.3 is 9.30 Å². The molecular formula is C41H38N4OPt. The van der Waals surface area contributed by atoms with Gasteiger partial charge in [0.1, 0.15) is 5.82 Å². The predicted octanol–water partition coefficient (Wildman–Crippen LogP) is 10.4. The molecule has 7 aromatic rings. The number of aromatic nitrogens is 4. The molecule has 0 aliphatic carbocycles. The quantitative estimate of drug-likeness (QED) is 0.144. The Hall–Kier alpha value is -4.47. The van der Waals surface area contributed by atoms with Crippen LogP contribution in [0.4, 0.5) is 0 Å². The van der Waals surface area contributed by atoms with Crippen LogP contribution in [0.15, 0.2) is 97.5 Å². The second-order valence-corrected chi connectivity index (χ2v) is 12.9. The van der Waals surface area contributed by atoms with Crippen molar-refractivity contribution >= 4 is 21.8 Å². The third kappa shape index (κ3) is 6.42. The monoisotopic (exact) mass is 797 g/mol. The van der Waals surface area contributed by atoms with Crippen LogP contribution in [0.5, 0.6) is 11.5 Å². The molecular weight excluding hydrogens is 760 g/mol. The topological polar surface area (TPSA) is 44.9 Å². The van der Waals surface area contributed by atoms with Gasteiger partial charge in [-0.05, 0) is 89.2 Å². The molecule has 0 aliphatic heterocycles. The van der Waals surface area contributed by atoms with Crippen molar-refractivity contribution in [1.29, 1.82) is 0 Å². The maximum atomic E-state index is 6.39. The second-order valence-electron chi connectivity index (χ2n) is 12.9. The summed E-state index contributed by atoms with van der Waals surface area (Å²) in [7, 11) is 0. The van der Waals surface area contributed by atoms with E-state index in [-0.39, 0.29) is 21.1 Å². The molecule has 0 amide bonds. The van der Waals surface area contributed by atoms with E-state index in [4.69, 9.17) is 14.8 Å². The number of benzene rings is 4. The number of pyridine rings is 1. The molecule has 47 heavy (non-hydrogen) atoms. The molecule has 238 valence electrons. The van der Waals surface area contributed by atoms with Gasteiger partial charge in [0.15, 0.2) is 0 Å². The Bertz CT molecular complexity index is 2180. The van der Waals surface area contributed by atoms with Crippen LogP contribution < -0.4 is 4.74 Å². The molecule has 0 atom stereocenters. The molecule has 5 nitrogen and oxygen atoms in total. The Labute approximate surface area is 291 Å². The van der Waals surface area contributed by atoms with Gasteiger partial charge in [-0.1, -0.05) is 63.5 Å². The van der Waals surface area contributed by atoms with Crippen LogP contribution in [0.3, 0.4) is 0 Å². The minimum absolute atomic E-state index is 0. The number of fused-ring (bicyclic) bond motifs is 3. The fourth-order valence-corrected chi connectivity index (χ4v) is 6.47. The van der Waals surface area contributed by atoms with Gasteiger partial charge in [0.05, 0.1) is 6.20 Å². The van der Waals surface area contributed by atoms with Gasteiger partial charge in [-0.25, -0.2) is 4.98 Å². The first-order chi connectivity index (χ1) is 22.2. The van der Waals surface area contributed by atoms with Crippen molar-refractivity contribution in [3.63, 3.8) is 0 Å². The normalized spacial score (nSPS) is 11.5. The van der Waals surface area contributed by atoms with Crippen LogP contribution >= 0.6 is 0 Å². The Morgan fingerprint density at radius 3 is 2.34 bits per heavy atom. The summed E-state index contributed by atoms with van der Waals surface area (Å²) in [6.45, 7) is 13.3. The molecule has 0 saturated heterocycles. The van der Waals surface area contributed by atoms with E-state index in [2.05, 4.69) is 119 Å². The summed E-state index contributed by atoms with van der Waals surface area (Å²) in [5.74, 6) is 3.14. The number of hydrogen-bond donors (Lipinski definition) is 0. The Morgan fingerprint density at radius 2 is 1.57 bits per heavy atom. The van der Waals surface area contributed by atoms with Crippen molar-refractivity contribution in [2.45, 2.75) is 53.9 Å². The molecule has 0 bridgehead atoms. The third-order valence-electron chi connectivity index (χ3n) is 8.55. The van der Waals surface area contributed by atoms with Crippen molar-refractivity contribution in [3.8, 4) is 34.1 Å². The van der Waals surface area contributed by atoms with Crippen LogP contribution in [-0.4, -0.2) is 19.3 Å². The maximum Gasteiger partial charge on any atom is 2.00 e. The standard InChI is InChI=1S/C41H38N4O.Pt/c1-26(2)18-30-16-17-42-40(21-30)45-38-13-8-7-12-36(38)37-15-14-35(23-39(37)45)46-34-11-9-10-33(22-34)44-25-32(24-43-44)41-28(5)19-31(27(3)4)20-29(41)6;/h7-17,19-21,24-27H,18H2,1-6H3;/q-2;+2. The largest absolute Gasteiger partial charge is 2.00 e. The van der Waals surface area contributed by atoms with E-state index in [1.807, 2.05) is 41.3 Å². The minimum Gasteiger partial charge on any atom is -0.509 e. The van der Waals surface area contributed by atoms with E-state index in [0.29, 0.717) is 23.3 Å². The molecule has 0 spiro atoms. The molecule has 0 fully saturated rings. The number of ether oxygens (including phenoxy) is 1. The Morgan fingerprint density at radius 1 is 0.809 bits per heavy atom. The summed E-state index contributed by atoms with van der Waals surface area (Å²) in [6, 6.07) is 34.2. The van der Waals surface area contributed by atoms with Gasteiger partial charge in [-0.15, -0.1) is 35.7 Å². The average Bonchev–Trinajstić information content (AvgIpc) is 3.64. The van der Waals surface area contributed by atoms with Crippen LogP contribution in [0.1, 0.15) is 55.9 Å². The molecule has 3 aromatic heterocycles. The first-order valence-electron chi connectivity index (χ1n) is 16.0. The molecule has 7 rings (SSSR count). The average molecular weight is 798 g/mol. The van der Waals surface area contributed by atoms with Gasteiger partial charge in [0.25, 0.3) is 0 Å². The summed E-state index contributed by atoms with van der Waals surface area (Å²) in [5, 5.41) is 6.96. The zero-order valence-corrected chi connectivity index (χ0v) is 29.9. The summed E-state index contributed by atoms with van der Waals surface area (Å²) in [6.07, 6.45) is 6.89. The van der Waals surface area contributed by atoms with E-state index < -0.39 is 0 Å². The molecule has 0 saturated carbocycles. The van der Waals surface area contributed by atoms with Crippen LogP contribution in [0, 0.1) is 31.9 Å². The Kier molecular flexibility index (Phi) is 9.21. The SMILES string of the molecule is Cc1cc(C(C)C)cc(C)c1-c1cnn(-c2[c-]c(Oc3[c-]c4c(cc3)c3ccccc3n4-c3cc(CC(C)C)ccn3)ccc2)c1.[Pt+2]. The second kappa shape index (κ2) is 13.3. The van der Waals surface area contributed by atoms with E-state index in [9.17, 15) is 0 Å². The summed E-state index contributed by atoms with van der Waals surface area (Å²) in [5.41, 5.74) is 10.3. The fraction of sp³-hybridized carbons (Fsp3) is 0.220.